The van der Waals surface area contributed by atoms with Crippen molar-refractivity contribution in [2.45, 2.75) is 33.2 Å². The van der Waals surface area contributed by atoms with Crippen molar-refractivity contribution >= 4 is 11.7 Å². The van der Waals surface area contributed by atoms with Crippen LogP contribution in [0.15, 0.2) is 34.9 Å². The zero-order valence-electron chi connectivity index (χ0n) is 13.5. The van der Waals surface area contributed by atoms with Crippen LogP contribution in [-0.2, 0) is 0 Å². The van der Waals surface area contributed by atoms with E-state index in [4.69, 9.17) is 9.78 Å². The van der Waals surface area contributed by atoms with Crippen LogP contribution in [0.5, 0.6) is 0 Å². The summed E-state index contributed by atoms with van der Waals surface area (Å²) < 4.78 is 5.24. The van der Waals surface area contributed by atoms with E-state index in [1.165, 1.54) is 0 Å². The molecule has 1 heterocycles. The van der Waals surface area contributed by atoms with Crippen molar-refractivity contribution in [3.05, 3.63) is 36.1 Å². The van der Waals surface area contributed by atoms with Crippen LogP contribution >= 0.6 is 0 Å². The first-order valence-corrected chi connectivity index (χ1v) is 7.51. The van der Waals surface area contributed by atoms with E-state index in [1.807, 2.05) is 44.2 Å². The minimum Gasteiger partial charge on any atom is -0.359 e. The third kappa shape index (κ3) is 3.89. The molecule has 0 aliphatic carbocycles. The van der Waals surface area contributed by atoms with Crippen LogP contribution in [0.4, 0.5) is 10.5 Å². The number of aryl methyl sites for hydroxylation is 1. The number of benzene rings is 1. The maximum Gasteiger partial charge on any atom is 0.322 e. The molecule has 6 heteroatoms. The van der Waals surface area contributed by atoms with E-state index in [2.05, 4.69) is 16.5 Å². The van der Waals surface area contributed by atoms with Crippen molar-refractivity contribution in [2.24, 2.45) is 0 Å². The SMILES string of the molecule is Cc1onc(-c2ccccc2)c1NC(=O)N(CCC#N)C(C)C. The molecule has 1 N–H and O–H groups in total. The van der Waals surface area contributed by atoms with Gasteiger partial charge < -0.3 is 14.7 Å². The Balaban J connectivity index is 2.24. The highest BCUT2D eigenvalue weighted by atomic mass is 16.5. The number of urea groups is 1. The lowest BCUT2D eigenvalue weighted by atomic mass is 10.1. The molecule has 0 bridgehead atoms. The topological polar surface area (TPSA) is 82.2 Å². The molecule has 2 rings (SSSR count). The second kappa shape index (κ2) is 7.45. The fourth-order valence-electron chi connectivity index (χ4n) is 2.26. The molecule has 2 aromatic rings. The average Bonchev–Trinajstić information content (AvgIpc) is 2.89. The van der Waals surface area contributed by atoms with Gasteiger partial charge in [0.15, 0.2) is 5.76 Å². The van der Waals surface area contributed by atoms with E-state index in [9.17, 15) is 4.79 Å². The lowest BCUT2D eigenvalue weighted by Gasteiger charge is -2.26. The maximum absolute atomic E-state index is 12.5. The quantitative estimate of drug-likeness (QED) is 0.910. The van der Waals surface area contributed by atoms with Gasteiger partial charge in [0.1, 0.15) is 11.4 Å². The lowest BCUT2D eigenvalue weighted by molar-refractivity contribution is 0.198. The molecule has 6 nitrogen and oxygen atoms in total. The number of amides is 2. The fourth-order valence-corrected chi connectivity index (χ4v) is 2.26. The first-order valence-electron chi connectivity index (χ1n) is 7.51. The van der Waals surface area contributed by atoms with Gasteiger partial charge in [0.2, 0.25) is 0 Å². The number of carbonyl (C=O) groups is 1. The van der Waals surface area contributed by atoms with E-state index >= 15 is 0 Å². The van der Waals surface area contributed by atoms with Gasteiger partial charge in [-0.25, -0.2) is 4.79 Å². The van der Waals surface area contributed by atoms with Crippen LogP contribution in [0.25, 0.3) is 11.3 Å². The van der Waals surface area contributed by atoms with Gasteiger partial charge in [0.25, 0.3) is 0 Å². The number of carbonyl (C=O) groups excluding carboxylic acids is 1. The fraction of sp³-hybridized carbons (Fsp3) is 0.353. The van der Waals surface area contributed by atoms with Crippen molar-refractivity contribution in [1.29, 1.82) is 5.26 Å². The van der Waals surface area contributed by atoms with Crippen LogP contribution in [-0.4, -0.2) is 28.7 Å². The number of hydrogen-bond acceptors (Lipinski definition) is 4. The minimum absolute atomic E-state index is 0.0105. The lowest BCUT2D eigenvalue weighted by Crippen LogP contribution is -2.40. The van der Waals surface area contributed by atoms with Gasteiger partial charge in [0.05, 0.1) is 12.5 Å². The Labute approximate surface area is 135 Å². The molecule has 1 aromatic heterocycles. The second-order valence-electron chi connectivity index (χ2n) is 5.45. The number of nitrogens with zero attached hydrogens (tertiary/aromatic N) is 3. The molecule has 0 unspecified atom stereocenters. The summed E-state index contributed by atoms with van der Waals surface area (Å²) in [5.41, 5.74) is 2.03. The standard InChI is InChI=1S/C17H20N4O2/c1-12(2)21(11-7-10-18)17(22)19-15-13(3)23-20-16(15)14-8-5-4-6-9-14/h4-6,8-9,12H,7,11H2,1-3H3,(H,19,22). The number of aromatic nitrogens is 1. The van der Waals surface area contributed by atoms with Crippen molar-refractivity contribution in [3.63, 3.8) is 0 Å². The number of nitriles is 1. The number of anilines is 1. The number of nitrogens with one attached hydrogen (secondary N) is 1. The van der Waals surface area contributed by atoms with Crippen molar-refractivity contribution in [2.75, 3.05) is 11.9 Å². The third-order valence-electron chi connectivity index (χ3n) is 3.49. The monoisotopic (exact) mass is 312 g/mol. The summed E-state index contributed by atoms with van der Waals surface area (Å²) in [4.78, 5) is 14.1. The minimum atomic E-state index is -0.265. The molecule has 0 saturated heterocycles. The van der Waals surface area contributed by atoms with Crippen LogP contribution in [0.2, 0.25) is 0 Å². The van der Waals surface area contributed by atoms with Gasteiger partial charge >= 0.3 is 6.03 Å². The molecule has 0 saturated carbocycles. The van der Waals surface area contributed by atoms with Gasteiger partial charge in [-0.15, -0.1) is 0 Å². The summed E-state index contributed by atoms with van der Waals surface area (Å²) in [5.74, 6) is 0.543. The van der Waals surface area contributed by atoms with Gasteiger partial charge in [-0.2, -0.15) is 5.26 Å². The molecule has 0 spiro atoms. The van der Waals surface area contributed by atoms with E-state index in [0.717, 1.165) is 5.56 Å². The van der Waals surface area contributed by atoms with Gasteiger partial charge in [0, 0.05) is 18.2 Å². The Morgan fingerprint density at radius 3 is 2.70 bits per heavy atom. The Hall–Kier alpha value is -2.81. The van der Waals surface area contributed by atoms with Crippen LogP contribution in [0, 0.1) is 18.3 Å². The van der Waals surface area contributed by atoms with Gasteiger partial charge in [-0.1, -0.05) is 35.5 Å². The molecule has 1 aromatic carbocycles. The molecule has 0 radical (unpaired) electrons. The van der Waals surface area contributed by atoms with E-state index < -0.39 is 0 Å². The highest BCUT2D eigenvalue weighted by Gasteiger charge is 2.21. The van der Waals surface area contributed by atoms with Crippen molar-refractivity contribution < 1.29 is 9.32 Å². The van der Waals surface area contributed by atoms with Crippen molar-refractivity contribution in [3.8, 4) is 17.3 Å². The molecule has 120 valence electrons. The summed E-state index contributed by atoms with van der Waals surface area (Å²) in [6.07, 6.45) is 0.291. The summed E-state index contributed by atoms with van der Waals surface area (Å²) in [6, 6.07) is 11.3. The van der Waals surface area contributed by atoms with Gasteiger partial charge in [-0.05, 0) is 20.8 Å². The highest BCUT2D eigenvalue weighted by molar-refractivity contribution is 5.94. The molecular weight excluding hydrogens is 292 g/mol. The zero-order valence-corrected chi connectivity index (χ0v) is 13.5. The Kier molecular flexibility index (Phi) is 5.36. The molecule has 2 amide bonds. The number of rotatable bonds is 5. The molecule has 0 aliphatic heterocycles. The smallest absolute Gasteiger partial charge is 0.322 e. The summed E-state index contributed by atoms with van der Waals surface area (Å²) in [6.45, 7) is 5.96. The predicted octanol–water partition coefficient (Wildman–Crippen LogP) is 3.81. The Morgan fingerprint density at radius 2 is 2.09 bits per heavy atom. The molecule has 0 atom stereocenters. The van der Waals surface area contributed by atoms with Crippen LogP contribution in [0.1, 0.15) is 26.0 Å². The van der Waals surface area contributed by atoms with E-state index in [0.29, 0.717) is 30.1 Å². The van der Waals surface area contributed by atoms with Crippen LogP contribution < -0.4 is 5.32 Å². The Morgan fingerprint density at radius 1 is 1.39 bits per heavy atom. The summed E-state index contributed by atoms with van der Waals surface area (Å²) in [7, 11) is 0. The first-order chi connectivity index (χ1) is 11.0. The third-order valence-corrected chi connectivity index (χ3v) is 3.49. The zero-order chi connectivity index (χ0) is 16.8. The average molecular weight is 312 g/mol. The second-order valence-corrected chi connectivity index (χ2v) is 5.45. The van der Waals surface area contributed by atoms with Gasteiger partial charge in [-0.3, -0.25) is 0 Å². The van der Waals surface area contributed by atoms with Crippen molar-refractivity contribution in [1.82, 2.24) is 10.1 Å². The summed E-state index contributed by atoms with van der Waals surface area (Å²) in [5, 5.41) is 15.7. The molecular formula is C17H20N4O2. The first kappa shape index (κ1) is 16.6. The summed E-state index contributed by atoms with van der Waals surface area (Å²) >= 11 is 0. The molecule has 0 aliphatic rings. The highest BCUT2D eigenvalue weighted by Crippen LogP contribution is 2.30. The van der Waals surface area contributed by atoms with E-state index in [-0.39, 0.29) is 12.1 Å². The van der Waals surface area contributed by atoms with E-state index in [1.54, 1.807) is 11.8 Å². The normalized spacial score (nSPS) is 10.4. The van der Waals surface area contributed by atoms with Crippen LogP contribution in [0.3, 0.4) is 0 Å². The molecule has 23 heavy (non-hydrogen) atoms. The number of hydrogen-bond donors (Lipinski definition) is 1. The Bertz CT molecular complexity index is 701. The predicted molar refractivity (Wildman–Crippen MR) is 87.8 cm³/mol. The largest absolute Gasteiger partial charge is 0.359 e. The maximum atomic E-state index is 12.5. The molecule has 0 fully saturated rings.